The molecular formula is C25H46O11S6. The molecule has 0 unspecified atom stereocenters. The Morgan fingerprint density at radius 3 is 1.21 bits per heavy atom. The summed E-state index contributed by atoms with van der Waals surface area (Å²) < 4.78 is 1.94. The van der Waals surface area contributed by atoms with Crippen LogP contribution < -0.4 is 0 Å². The van der Waals surface area contributed by atoms with E-state index in [4.69, 9.17) is 59.8 Å². The van der Waals surface area contributed by atoms with E-state index in [2.05, 4.69) is 0 Å². The average molecular weight is 715 g/mol. The molecule has 0 aliphatic rings. The van der Waals surface area contributed by atoms with Crippen LogP contribution in [0.4, 0.5) is 0 Å². The molecule has 11 nitrogen and oxygen atoms in total. The maximum absolute atomic E-state index is 11.9. The Morgan fingerprint density at radius 2 is 0.929 bits per heavy atom. The zero-order valence-electron chi connectivity index (χ0n) is 24.4. The number of aliphatic carboxylic acids is 2. The number of thioether (sulfide) groups is 4. The Morgan fingerprint density at radius 1 is 0.595 bits per heavy atom. The van der Waals surface area contributed by atoms with Crippen LogP contribution in [0.25, 0.3) is 0 Å². The number of Topliss-reactive ketones (excluding diaryl/α,β-unsaturated/α-hetero) is 1. The lowest BCUT2D eigenvalue weighted by atomic mass is 10.1. The highest BCUT2D eigenvalue weighted by Gasteiger charge is 2.36. The van der Waals surface area contributed by atoms with Crippen LogP contribution in [0.1, 0.15) is 69.2 Å². The number of carbonyl (C=O) groups excluding carboxylic acids is 2. The number of aliphatic hydroxyl groups is 4. The molecule has 0 amide bonds. The van der Waals surface area contributed by atoms with Gasteiger partial charge in [-0.25, -0.2) is 0 Å². The van der Waals surface area contributed by atoms with Crippen LogP contribution in [-0.2, 0) is 23.9 Å². The number of aliphatic hydroxyl groups excluding tert-OH is 4. The third-order valence-electron chi connectivity index (χ3n) is 4.31. The molecule has 6 N–H and O–H groups in total. The molecule has 17 heteroatoms. The van der Waals surface area contributed by atoms with Gasteiger partial charge in [-0.3, -0.25) is 19.2 Å². The van der Waals surface area contributed by atoms with Crippen LogP contribution in [-0.4, -0.2) is 113 Å². The summed E-state index contributed by atoms with van der Waals surface area (Å²) in [6, 6.07) is 0. The first-order valence-electron chi connectivity index (χ1n) is 11.9. The fourth-order valence-electron chi connectivity index (χ4n) is 1.78. The molecule has 0 fully saturated rings. The number of hydrogen-bond donors (Lipinski definition) is 6. The normalized spacial score (nSPS) is 11.4. The van der Waals surface area contributed by atoms with Crippen LogP contribution in [0, 0.1) is 0 Å². The molecule has 0 aromatic heterocycles. The zero-order valence-corrected chi connectivity index (χ0v) is 29.3. The van der Waals surface area contributed by atoms with E-state index in [1.165, 1.54) is 39.5 Å². The van der Waals surface area contributed by atoms with Crippen molar-refractivity contribution in [1.29, 1.82) is 0 Å². The summed E-state index contributed by atoms with van der Waals surface area (Å²) in [5, 5.41) is 50.5. The van der Waals surface area contributed by atoms with Gasteiger partial charge in [0.2, 0.25) is 0 Å². The first-order chi connectivity index (χ1) is 18.5. The number of thiocarbonyl (C=S) groups is 2. The van der Waals surface area contributed by atoms with E-state index in [0.29, 0.717) is 7.06 Å². The van der Waals surface area contributed by atoms with Gasteiger partial charge in [0.15, 0.2) is 5.78 Å². The Bertz CT molecular complexity index is 858. The minimum atomic E-state index is -1.04. The van der Waals surface area contributed by atoms with Crippen molar-refractivity contribution in [2.45, 2.75) is 88.2 Å². The second-order valence-corrected chi connectivity index (χ2v) is 18.7. The Balaban J connectivity index is -0.000000306. The molecule has 0 aliphatic carbocycles. The van der Waals surface area contributed by atoms with E-state index in [1.807, 2.05) is 0 Å². The monoisotopic (exact) mass is 714 g/mol. The summed E-state index contributed by atoms with van der Waals surface area (Å²) in [7, 11) is 0. The Labute approximate surface area is 276 Å². The highest BCUT2D eigenvalue weighted by Crippen LogP contribution is 2.38. The van der Waals surface area contributed by atoms with Gasteiger partial charge in [-0.15, -0.1) is 0 Å². The fourth-order valence-corrected chi connectivity index (χ4v) is 9.31. The van der Waals surface area contributed by atoms with Crippen LogP contribution in [0.3, 0.4) is 0 Å². The van der Waals surface area contributed by atoms with Crippen molar-refractivity contribution in [3.8, 4) is 0 Å². The van der Waals surface area contributed by atoms with Gasteiger partial charge in [0.1, 0.15) is 27.9 Å². The van der Waals surface area contributed by atoms with Crippen molar-refractivity contribution in [3.05, 3.63) is 0 Å². The number of ether oxygens (including phenoxy) is 1. The molecule has 0 aromatic carbocycles. The molecule has 0 spiro atoms. The van der Waals surface area contributed by atoms with E-state index in [-0.39, 0.29) is 52.7 Å². The van der Waals surface area contributed by atoms with Crippen molar-refractivity contribution in [3.63, 3.8) is 0 Å². The molecule has 248 valence electrons. The molecule has 0 heterocycles. The maximum atomic E-state index is 11.9. The highest BCUT2D eigenvalue weighted by atomic mass is 32.2. The zero-order chi connectivity index (χ0) is 33.2. The summed E-state index contributed by atoms with van der Waals surface area (Å²) >= 11 is 14.5. The maximum Gasteiger partial charge on any atom is 0.322 e. The fraction of sp³-hybridized carbons (Fsp3) is 0.760. The molecule has 0 atom stereocenters. The lowest BCUT2D eigenvalue weighted by Crippen LogP contribution is -2.33. The van der Waals surface area contributed by atoms with Gasteiger partial charge < -0.3 is 35.4 Å². The number of esters is 1. The van der Waals surface area contributed by atoms with Gasteiger partial charge in [-0.05, 0) is 55.4 Å². The van der Waals surface area contributed by atoms with E-state index in [1.54, 1.807) is 27.7 Å². The topological polar surface area (TPSA) is 199 Å². The first-order valence-corrected chi connectivity index (χ1v) is 16.0. The summed E-state index contributed by atoms with van der Waals surface area (Å²) in [5.74, 6) is -2.52. The van der Waals surface area contributed by atoms with E-state index in [0.717, 1.165) is 35.3 Å². The molecule has 0 aliphatic heterocycles. The first kappa shape index (κ1) is 48.4. The summed E-state index contributed by atoms with van der Waals surface area (Å²) in [5.41, 5.74) is 0. The SMILES string of the molecule is C.CC(C)(SC(=S)SC(C)(C)C(=O)O)C(=O)O.CC(C)(SC(=S)SC(C)(C)C(=O)OCCO)C(=O)CCO.OCCO. The number of hydrogen-bond acceptors (Lipinski definition) is 15. The van der Waals surface area contributed by atoms with Crippen molar-refractivity contribution in [2.75, 3.05) is 33.0 Å². The second-order valence-electron chi connectivity index (χ2n) is 9.76. The van der Waals surface area contributed by atoms with Gasteiger partial charge in [-0.1, -0.05) is 78.9 Å². The smallest absolute Gasteiger partial charge is 0.322 e. The number of carbonyl (C=O) groups is 4. The lowest BCUT2D eigenvalue weighted by molar-refractivity contribution is -0.146. The molecule has 0 saturated heterocycles. The minimum Gasteiger partial charge on any atom is -0.480 e. The summed E-state index contributed by atoms with van der Waals surface area (Å²) in [6.07, 6.45) is 0.0786. The van der Waals surface area contributed by atoms with Gasteiger partial charge in [-0.2, -0.15) is 0 Å². The van der Waals surface area contributed by atoms with E-state index >= 15 is 0 Å². The molecular weight excluding hydrogens is 669 g/mol. The minimum absolute atomic E-state index is 0. The van der Waals surface area contributed by atoms with Crippen molar-refractivity contribution < 1.29 is 54.6 Å². The van der Waals surface area contributed by atoms with Gasteiger partial charge in [0, 0.05) is 6.42 Å². The van der Waals surface area contributed by atoms with Crippen molar-refractivity contribution >= 4 is 102 Å². The van der Waals surface area contributed by atoms with Crippen LogP contribution in [0.5, 0.6) is 0 Å². The van der Waals surface area contributed by atoms with E-state index < -0.39 is 36.9 Å². The van der Waals surface area contributed by atoms with Crippen LogP contribution in [0.2, 0.25) is 0 Å². The number of carboxylic acids is 2. The third-order valence-corrected chi connectivity index (χ3v) is 9.76. The second kappa shape index (κ2) is 22.9. The molecule has 0 aromatic rings. The standard InChI is InChI=1S/C13H22O5S3.C9H14O4S3.C2H6O2.CH4/c1-12(2,9(16)5-6-14)20-11(19)21-13(3,4)10(17)18-8-7-15;1-8(2,5(10)11)15-7(14)16-9(3,4)6(12)13;3-1-2-4;/h14-15H,5-8H2,1-4H3;1-4H3,(H,10,11)(H,12,13);3-4H,1-2H2;1H4. The molecule has 0 rings (SSSR count). The Hall–Kier alpha value is -0.500. The summed E-state index contributed by atoms with van der Waals surface area (Å²) in [6.45, 7) is 12.2. The molecule has 42 heavy (non-hydrogen) atoms. The molecule has 0 bridgehead atoms. The van der Waals surface area contributed by atoms with Crippen molar-refractivity contribution in [1.82, 2.24) is 0 Å². The lowest BCUT2D eigenvalue weighted by Gasteiger charge is -2.26. The van der Waals surface area contributed by atoms with Crippen molar-refractivity contribution in [2.24, 2.45) is 0 Å². The number of ketones is 1. The Kier molecular flexibility index (Phi) is 26.4. The van der Waals surface area contributed by atoms with Gasteiger partial charge in [0.05, 0.1) is 31.2 Å². The van der Waals surface area contributed by atoms with Crippen LogP contribution in [0.15, 0.2) is 0 Å². The van der Waals surface area contributed by atoms with E-state index in [9.17, 15) is 19.2 Å². The third kappa shape index (κ3) is 22.1. The summed E-state index contributed by atoms with van der Waals surface area (Å²) in [4.78, 5) is 45.4. The predicted molar refractivity (Wildman–Crippen MR) is 183 cm³/mol. The molecule has 0 saturated carbocycles. The quantitative estimate of drug-likeness (QED) is 0.119. The highest BCUT2D eigenvalue weighted by molar-refractivity contribution is 8.48. The predicted octanol–water partition coefficient (Wildman–Crippen LogP) is 3.85. The van der Waals surface area contributed by atoms with Gasteiger partial charge >= 0.3 is 17.9 Å². The largest absolute Gasteiger partial charge is 0.480 e. The average Bonchev–Trinajstić information content (AvgIpc) is 2.81. The number of carboxylic acid groups (broad SMARTS) is 2. The number of rotatable bonds is 13. The van der Waals surface area contributed by atoms with Crippen LogP contribution >= 0.6 is 71.5 Å². The van der Waals surface area contributed by atoms with Gasteiger partial charge in [0.25, 0.3) is 0 Å². The molecule has 0 radical (unpaired) electrons.